The molecule has 5 heteroatoms. The average molecular weight is 326 g/mol. The van der Waals surface area contributed by atoms with Gasteiger partial charge in [-0.05, 0) is 17.7 Å². The van der Waals surface area contributed by atoms with Crippen LogP contribution < -0.4 is 10.6 Å². The first kappa shape index (κ1) is 17.5. The van der Waals surface area contributed by atoms with E-state index in [1.807, 2.05) is 30.3 Å². The summed E-state index contributed by atoms with van der Waals surface area (Å²) in [4.78, 5) is 23.9. The largest absolute Gasteiger partial charge is 0.465 e. The fourth-order valence-electron chi connectivity index (χ4n) is 2.34. The number of benzene rings is 2. The van der Waals surface area contributed by atoms with Crippen molar-refractivity contribution < 1.29 is 14.3 Å². The first-order valence-corrected chi connectivity index (χ1v) is 7.72. The lowest BCUT2D eigenvalue weighted by Gasteiger charge is -2.25. The highest BCUT2D eigenvalue weighted by Gasteiger charge is 2.21. The van der Waals surface area contributed by atoms with Crippen LogP contribution in [0.3, 0.4) is 0 Å². The molecule has 0 radical (unpaired) electrons. The molecule has 0 atom stereocenters. The van der Waals surface area contributed by atoms with E-state index < -0.39 is 5.97 Å². The summed E-state index contributed by atoms with van der Waals surface area (Å²) in [5.74, 6) is -0.490. The first-order valence-electron chi connectivity index (χ1n) is 7.72. The molecule has 0 aliphatic carbocycles. The maximum absolute atomic E-state index is 12.2. The van der Waals surface area contributed by atoms with Crippen molar-refractivity contribution in [2.75, 3.05) is 19.0 Å². The predicted octanol–water partition coefficient (Wildman–Crippen LogP) is 3.57. The molecule has 2 amide bonds. The van der Waals surface area contributed by atoms with Crippen LogP contribution in [0.4, 0.5) is 10.5 Å². The summed E-state index contributed by atoms with van der Waals surface area (Å²) in [6.07, 6.45) is 0. The van der Waals surface area contributed by atoms with Crippen molar-refractivity contribution in [2.24, 2.45) is 0 Å². The fourth-order valence-corrected chi connectivity index (χ4v) is 2.34. The highest BCUT2D eigenvalue weighted by atomic mass is 16.5. The van der Waals surface area contributed by atoms with Crippen molar-refractivity contribution in [1.29, 1.82) is 0 Å². The Morgan fingerprint density at radius 1 is 1.00 bits per heavy atom. The van der Waals surface area contributed by atoms with E-state index in [4.69, 9.17) is 4.74 Å². The molecule has 0 saturated carbocycles. The predicted molar refractivity (Wildman–Crippen MR) is 94.3 cm³/mol. The molecule has 2 N–H and O–H groups in total. The van der Waals surface area contributed by atoms with Crippen LogP contribution in [0.25, 0.3) is 0 Å². The van der Waals surface area contributed by atoms with Gasteiger partial charge in [-0.1, -0.05) is 56.3 Å². The van der Waals surface area contributed by atoms with Gasteiger partial charge < -0.3 is 15.4 Å². The molecule has 5 nitrogen and oxygen atoms in total. The monoisotopic (exact) mass is 326 g/mol. The van der Waals surface area contributed by atoms with Crippen LogP contribution in [0.15, 0.2) is 54.6 Å². The van der Waals surface area contributed by atoms with E-state index in [2.05, 4.69) is 24.5 Å². The van der Waals surface area contributed by atoms with E-state index in [0.29, 0.717) is 17.8 Å². The Bertz CT molecular complexity index is 712. The lowest BCUT2D eigenvalue weighted by molar-refractivity contribution is 0.0602. The number of nitrogens with one attached hydrogen (secondary N) is 2. The molecule has 0 heterocycles. The molecule has 0 bridgehead atoms. The highest BCUT2D eigenvalue weighted by Crippen LogP contribution is 2.22. The number of para-hydroxylation sites is 1. The van der Waals surface area contributed by atoms with Crippen molar-refractivity contribution in [3.8, 4) is 0 Å². The molecule has 0 spiro atoms. The third kappa shape index (κ3) is 4.35. The van der Waals surface area contributed by atoms with Gasteiger partial charge in [0.25, 0.3) is 0 Å². The molecule has 0 aromatic heterocycles. The van der Waals surface area contributed by atoms with Gasteiger partial charge in [-0.25, -0.2) is 9.59 Å². The van der Waals surface area contributed by atoms with Crippen LogP contribution in [0.2, 0.25) is 0 Å². The van der Waals surface area contributed by atoms with Crippen LogP contribution in [-0.2, 0) is 10.2 Å². The van der Waals surface area contributed by atoms with Gasteiger partial charge in [0.1, 0.15) is 0 Å². The van der Waals surface area contributed by atoms with Crippen LogP contribution >= 0.6 is 0 Å². The van der Waals surface area contributed by atoms with Gasteiger partial charge in [-0.3, -0.25) is 0 Å². The molecule has 126 valence electrons. The van der Waals surface area contributed by atoms with Crippen molar-refractivity contribution in [2.45, 2.75) is 19.3 Å². The third-order valence-electron chi connectivity index (χ3n) is 3.83. The molecule has 0 unspecified atom stereocenters. The van der Waals surface area contributed by atoms with E-state index in [1.54, 1.807) is 24.3 Å². The summed E-state index contributed by atoms with van der Waals surface area (Å²) in [5, 5.41) is 5.55. The second kappa shape index (κ2) is 7.64. The zero-order valence-corrected chi connectivity index (χ0v) is 14.1. The zero-order chi connectivity index (χ0) is 17.6. The van der Waals surface area contributed by atoms with E-state index in [-0.39, 0.29) is 11.4 Å². The number of urea groups is 1. The third-order valence-corrected chi connectivity index (χ3v) is 3.83. The van der Waals surface area contributed by atoms with Gasteiger partial charge in [0.15, 0.2) is 0 Å². The van der Waals surface area contributed by atoms with Crippen molar-refractivity contribution in [3.05, 3.63) is 65.7 Å². The minimum atomic E-state index is -0.490. The lowest BCUT2D eigenvalue weighted by atomic mass is 9.85. The minimum Gasteiger partial charge on any atom is -0.465 e. The van der Waals surface area contributed by atoms with Crippen LogP contribution in [0.5, 0.6) is 0 Å². The Morgan fingerprint density at radius 3 is 2.29 bits per heavy atom. The number of rotatable bonds is 5. The maximum Gasteiger partial charge on any atom is 0.339 e. The van der Waals surface area contributed by atoms with Crippen molar-refractivity contribution in [1.82, 2.24) is 5.32 Å². The van der Waals surface area contributed by atoms with Crippen LogP contribution in [-0.4, -0.2) is 25.7 Å². The number of esters is 1. The Morgan fingerprint density at radius 2 is 1.62 bits per heavy atom. The van der Waals surface area contributed by atoms with E-state index >= 15 is 0 Å². The number of methoxy groups -OCH3 is 1. The summed E-state index contributed by atoms with van der Waals surface area (Å²) in [7, 11) is 1.31. The summed E-state index contributed by atoms with van der Waals surface area (Å²) in [6.45, 7) is 4.58. The Hall–Kier alpha value is -2.82. The number of amides is 2. The Balaban J connectivity index is 2.01. The van der Waals surface area contributed by atoms with E-state index in [0.717, 1.165) is 5.56 Å². The molecule has 0 saturated heterocycles. The molecule has 2 aromatic carbocycles. The highest BCUT2D eigenvalue weighted by molar-refractivity contribution is 6.00. The Labute approximate surface area is 142 Å². The minimum absolute atomic E-state index is 0.208. The second-order valence-electron chi connectivity index (χ2n) is 6.09. The molecule has 2 aromatic rings. The second-order valence-corrected chi connectivity index (χ2v) is 6.09. The molecule has 24 heavy (non-hydrogen) atoms. The fraction of sp³-hybridized carbons (Fsp3) is 0.263. The van der Waals surface area contributed by atoms with Gasteiger partial charge in [-0.15, -0.1) is 0 Å². The number of hydrogen-bond acceptors (Lipinski definition) is 3. The lowest BCUT2D eigenvalue weighted by Crippen LogP contribution is -2.39. The standard InChI is InChI=1S/C19H22N2O3/c1-19(2,14-9-5-4-6-10-14)13-20-18(23)21-16-12-8-7-11-15(16)17(22)24-3/h4-12H,13H2,1-3H3,(H2,20,21,23). The number of ether oxygens (including phenoxy) is 1. The van der Waals surface area contributed by atoms with Gasteiger partial charge in [0.05, 0.1) is 18.4 Å². The van der Waals surface area contributed by atoms with Crippen molar-refractivity contribution >= 4 is 17.7 Å². The Kier molecular flexibility index (Phi) is 5.58. The van der Waals surface area contributed by atoms with E-state index in [9.17, 15) is 9.59 Å². The average Bonchev–Trinajstić information content (AvgIpc) is 2.60. The SMILES string of the molecule is COC(=O)c1ccccc1NC(=O)NCC(C)(C)c1ccccc1. The molecule has 0 aliphatic heterocycles. The maximum atomic E-state index is 12.2. The summed E-state index contributed by atoms with van der Waals surface area (Å²) in [5.41, 5.74) is 1.66. The number of hydrogen-bond donors (Lipinski definition) is 2. The quantitative estimate of drug-likeness (QED) is 0.825. The molecular weight excluding hydrogens is 304 g/mol. The van der Waals surface area contributed by atoms with Crippen LogP contribution in [0.1, 0.15) is 29.8 Å². The summed E-state index contributed by atoms with van der Waals surface area (Å²) < 4.78 is 4.72. The number of anilines is 1. The summed E-state index contributed by atoms with van der Waals surface area (Å²) in [6, 6.07) is 16.3. The van der Waals surface area contributed by atoms with Gasteiger partial charge in [0.2, 0.25) is 0 Å². The van der Waals surface area contributed by atoms with E-state index in [1.165, 1.54) is 7.11 Å². The van der Waals surface area contributed by atoms with Gasteiger partial charge >= 0.3 is 12.0 Å². The number of carbonyl (C=O) groups excluding carboxylic acids is 2. The topological polar surface area (TPSA) is 67.4 Å². The van der Waals surface area contributed by atoms with Crippen LogP contribution in [0, 0.1) is 0 Å². The van der Waals surface area contributed by atoms with Gasteiger partial charge in [-0.2, -0.15) is 0 Å². The molecule has 2 rings (SSSR count). The molecule has 0 fully saturated rings. The molecular formula is C19H22N2O3. The zero-order valence-electron chi connectivity index (χ0n) is 14.1. The first-order chi connectivity index (χ1) is 11.4. The summed E-state index contributed by atoms with van der Waals surface area (Å²) >= 11 is 0. The van der Waals surface area contributed by atoms with Crippen molar-refractivity contribution in [3.63, 3.8) is 0 Å². The smallest absolute Gasteiger partial charge is 0.339 e. The normalized spacial score (nSPS) is 10.8. The van der Waals surface area contributed by atoms with Gasteiger partial charge in [0, 0.05) is 12.0 Å². The molecule has 0 aliphatic rings. The number of carbonyl (C=O) groups is 2.